The first-order chi connectivity index (χ1) is 7.45. The van der Waals surface area contributed by atoms with Crippen molar-refractivity contribution in [3.8, 4) is 0 Å². The van der Waals surface area contributed by atoms with Crippen LogP contribution in [0, 0.1) is 5.92 Å². The number of carbonyl (C=O) groups is 2. The average Bonchev–Trinajstić information content (AvgIpc) is 2.21. The van der Waals surface area contributed by atoms with Crippen LogP contribution < -0.4 is 10.6 Å². The minimum Gasteiger partial charge on any atom is -0.359 e. The zero-order valence-electron chi connectivity index (χ0n) is 10.5. The van der Waals surface area contributed by atoms with E-state index in [-0.39, 0.29) is 17.9 Å². The second-order valence-electron chi connectivity index (χ2n) is 3.47. The summed E-state index contributed by atoms with van der Waals surface area (Å²) in [6, 6.07) is -0.318. The van der Waals surface area contributed by atoms with E-state index >= 15 is 0 Å². The Morgan fingerprint density at radius 2 is 2.00 bits per heavy atom. The molecule has 1 aliphatic carbocycles. The molecule has 4 atom stereocenters. The maximum absolute atomic E-state index is 11.6. The Balaban J connectivity index is 2.75. The van der Waals surface area contributed by atoms with Gasteiger partial charge in [-0.15, -0.1) is 0 Å². The van der Waals surface area contributed by atoms with Crippen LogP contribution in [-0.4, -0.2) is 24.9 Å². The van der Waals surface area contributed by atoms with E-state index in [2.05, 4.69) is 10.6 Å². The Kier molecular flexibility index (Phi) is 2.94. The molecule has 0 aromatic rings. The van der Waals surface area contributed by atoms with E-state index in [1.165, 1.54) is 6.92 Å². The molecule has 0 radical (unpaired) electrons. The zero-order valence-corrected chi connectivity index (χ0v) is 8.54. The summed E-state index contributed by atoms with van der Waals surface area (Å²) in [7, 11) is 1.54. The van der Waals surface area contributed by atoms with Gasteiger partial charge in [0.05, 0.1) is 5.92 Å². The Morgan fingerprint density at radius 1 is 1.36 bits per heavy atom. The minimum absolute atomic E-state index is 0.164. The topological polar surface area (TPSA) is 58.2 Å². The highest BCUT2D eigenvalue weighted by Gasteiger charge is 2.30. The molecule has 0 bridgehead atoms. The van der Waals surface area contributed by atoms with Gasteiger partial charge in [-0.1, -0.05) is 12.8 Å². The Bertz CT molecular complexity index is 286. The molecule has 14 heavy (non-hydrogen) atoms. The number of rotatable bonds is 2. The SMILES string of the molecule is [2H]C1C[C@@H](NC(C)=O)[C@H](C(=O)NC)CC1[2H]. The Labute approximate surface area is 87.3 Å². The average molecular weight is 200 g/mol. The van der Waals surface area contributed by atoms with Crippen LogP contribution in [-0.2, 0) is 9.59 Å². The highest BCUT2D eigenvalue weighted by Crippen LogP contribution is 2.24. The normalized spacial score (nSPS) is 39.3. The van der Waals surface area contributed by atoms with Gasteiger partial charge in [-0.05, 0) is 12.8 Å². The van der Waals surface area contributed by atoms with Gasteiger partial charge in [0.2, 0.25) is 11.8 Å². The number of carbonyl (C=O) groups excluding carboxylic acids is 2. The molecule has 2 amide bonds. The molecule has 4 nitrogen and oxygen atoms in total. The number of hydrogen-bond acceptors (Lipinski definition) is 2. The maximum Gasteiger partial charge on any atom is 0.224 e. The lowest BCUT2D eigenvalue weighted by molar-refractivity contribution is -0.127. The Hall–Kier alpha value is -1.06. The first-order valence-corrected chi connectivity index (χ1v) is 4.79. The van der Waals surface area contributed by atoms with E-state index in [1.54, 1.807) is 7.05 Å². The van der Waals surface area contributed by atoms with Crippen LogP contribution in [0.2, 0.25) is 0 Å². The van der Waals surface area contributed by atoms with Crippen LogP contribution in [0.25, 0.3) is 0 Å². The van der Waals surface area contributed by atoms with Crippen molar-refractivity contribution >= 4 is 11.8 Å². The third-order valence-electron chi connectivity index (χ3n) is 2.40. The number of amides is 2. The summed E-state index contributed by atoms with van der Waals surface area (Å²) in [5.74, 6) is -0.754. The number of hydrogen-bond donors (Lipinski definition) is 2. The largest absolute Gasteiger partial charge is 0.359 e. The van der Waals surface area contributed by atoms with Crippen LogP contribution >= 0.6 is 0 Å². The number of nitrogens with one attached hydrogen (secondary N) is 2. The highest BCUT2D eigenvalue weighted by atomic mass is 16.2. The molecule has 4 heteroatoms. The van der Waals surface area contributed by atoms with E-state index in [1.807, 2.05) is 0 Å². The summed E-state index contributed by atoms with van der Waals surface area (Å²) >= 11 is 0. The second kappa shape index (κ2) is 4.98. The van der Waals surface area contributed by atoms with E-state index < -0.39 is 18.7 Å². The van der Waals surface area contributed by atoms with Gasteiger partial charge < -0.3 is 10.6 Å². The molecule has 0 aromatic heterocycles. The fourth-order valence-corrected chi connectivity index (χ4v) is 1.71. The molecular weight excluding hydrogens is 180 g/mol. The summed E-state index contributed by atoms with van der Waals surface area (Å²) in [6.45, 7) is 1.40. The predicted octanol–water partition coefficient (Wildman–Crippen LogP) is 0.427. The van der Waals surface area contributed by atoms with Gasteiger partial charge in [0.15, 0.2) is 0 Å². The van der Waals surface area contributed by atoms with Crippen molar-refractivity contribution in [3.63, 3.8) is 0 Å². The fourth-order valence-electron chi connectivity index (χ4n) is 1.71. The van der Waals surface area contributed by atoms with Gasteiger partial charge in [-0.2, -0.15) is 0 Å². The van der Waals surface area contributed by atoms with Crippen LogP contribution in [0.5, 0.6) is 0 Å². The lowest BCUT2D eigenvalue weighted by Gasteiger charge is -2.30. The van der Waals surface area contributed by atoms with Crippen LogP contribution in [0.3, 0.4) is 0 Å². The van der Waals surface area contributed by atoms with Crippen molar-refractivity contribution in [1.29, 1.82) is 0 Å². The molecule has 0 aliphatic heterocycles. The van der Waals surface area contributed by atoms with Gasteiger partial charge in [0.25, 0.3) is 0 Å². The van der Waals surface area contributed by atoms with Crippen molar-refractivity contribution in [3.05, 3.63) is 0 Å². The first-order valence-electron chi connectivity index (χ1n) is 5.94. The molecular formula is C10H18N2O2. The van der Waals surface area contributed by atoms with Crippen LogP contribution in [0.15, 0.2) is 0 Å². The molecule has 0 aromatic carbocycles. The minimum atomic E-state index is -0.549. The first kappa shape index (κ1) is 8.26. The van der Waals surface area contributed by atoms with Crippen LogP contribution in [0.4, 0.5) is 0 Å². The summed E-state index contributed by atoms with van der Waals surface area (Å²) in [5.41, 5.74) is 0. The van der Waals surface area contributed by atoms with Crippen molar-refractivity contribution in [2.75, 3.05) is 7.05 Å². The van der Waals surface area contributed by atoms with E-state index in [9.17, 15) is 9.59 Å². The maximum atomic E-state index is 11.6. The molecule has 0 heterocycles. The van der Waals surface area contributed by atoms with E-state index in [0.29, 0.717) is 12.8 Å². The van der Waals surface area contributed by atoms with Gasteiger partial charge >= 0.3 is 0 Å². The predicted molar refractivity (Wildman–Crippen MR) is 53.6 cm³/mol. The van der Waals surface area contributed by atoms with Crippen molar-refractivity contribution in [1.82, 2.24) is 10.6 Å². The summed E-state index contributed by atoms with van der Waals surface area (Å²) in [4.78, 5) is 22.6. The molecule has 0 spiro atoms. The lowest BCUT2D eigenvalue weighted by atomic mass is 9.84. The molecule has 0 saturated heterocycles. The zero-order chi connectivity index (χ0) is 12.3. The highest BCUT2D eigenvalue weighted by molar-refractivity contribution is 5.80. The van der Waals surface area contributed by atoms with Crippen molar-refractivity contribution < 1.29 is 12.3 Å². The molecule has 1 saturated carbocycles. The molecule has 2 unspecified atom stereocenters. The lowest BCUT2D eigenvalue weighted by Crippen LogP contribution is -2.47. The van der Waals surface area contributed by atoms with Crippen molar-refractivity contribution in [2.45, 2.75) is 38.6 Å². The smallest absolute Gasteiger partial charge is 0.224 e. The van der Waals surface area contributed by atoms with Crippen molar-refractivity contribution in [2.24, 2.45) is 5.92 Å². The quantitative estimate of drug-likeness (QED) is 0.679. The summed E-state index contributed by atoms with van der Waals surface area (Å²) in [5, 5.41) is 5.23. The standard InChI is InChI=1S/C10H18N2O2/c1-7(13)12-9-6-4-3-5-8(9)10(14)11-2/h8-9H,3-6H2,1-2H3,(H,11,14)(H,12,13)/t8-,9-/m1/s1/i3D,4D/t3?,4?,8-,9-. The second-order valence-corrected chi connectivity index (χ2v) is 3.47. The molecule has 1 rings (SSSR count). The molecule has 1 aliphatic rings. The van der Waals surface area contributed by atoms with Crippen LogP contribution in [0.1, 0.15) is 35.3 Å². The monoisotopic (exact) mass is 200 g/mol. The summed E-state index contributed by atoms with van der Waals surface area (Å²) in [6.07, 6.45) is -0.380. The fraction of sp³-hybridized carbons (Fsp3) is 0.800. The molecule has 1 fully saturated rings. The molecule has 80 valence electrons. The van der Waals surface area contributed by atoms with E-state index in [0.717, 1.165) is 0 Å². The molecule has 2 N–H and O–H groups in total. The van der Waals surface area contributed by atoms with E-state index in [4.69, 9.17) is 2.74 Å². The third-order valence-corrected chi connectivity index (χ3v) is 2.40. The van der Waals surface area contributed by atoms with Gasteiger partial charge in [0, 0.05) is 22.8 Å². The summed E-state index contributed by atoms with van der Waals surface area (Å²) < 4.78 is 15.3. The van der Waals surface area contributed by atoms with Gasteiger partial charge in [0.1, 0.15) is 0 Å². The van der Waals surface area contributed by atoms with Gasteiger partial charge in [-0.25, -0.2) is 0 Å². The Morgan fingerprint density at radius 3 is 2.57 bits per heavy atom. The third kappa shape index (κ3) is 2.72. The van der Waals surface area contributed by atoms with Gasteiger partial charge in [-0.3, -0.25) is 9.59 Å².